The minimum atomic E-state index is 0.221. The summed E-state index contributed by atoms with van der Waals surface area (Å²) in [6, 6.07) is 6.64. The molecule has 1 aromatic rings. The van der Waals surface area contributed by atoms with Crippen LogP contribution >= 0.6 is 23.2 Å². The molecule has 0 aliphatic heterocycles. The molecule has 1 atom stereocenters. The van der Waals surface area contributed by atoms with Crippen molar-refractivity contribution in [1.82, 2.24) is 10.2 Å². The fourth-order valence-electron chi connectivity index (χ4n) is 2.94. The molecule has 0 aromatic heterocycles. The van der Waals surface area contributed by atoms with Gasteiger partial charge in [-0.05, 0) is 50.6 Å². The Kier molecular flexibility index (Phi) is 6.16. The standard InChI is InChI=1S/C16H24Cl2N2/c1-12(15-11-13(17)7-8-16(15)18)19-9-10-20(2)14-5-3-4-6-14/h7-8,11-12,14,19H,3-6,9-10H2,1-2H3. The Morgan fingerprint density at radius 3 is 2.70 bits per heavy atom. The van der Waals surface area contributed by atoms with E-state index in [2.05, 4.69) is 24.2 Å². The van der Waals surface area contributed by atoms with Gasteiger partial charge in [0.25, 0.3) is 0 Å². The van der Waals surface area contributed by atoms with Gasteiger partial charge in [0.05, 0.1) is 0 Å². The number of benzene rings is 1. The van der Waals surface area contributed by atoms with Gasteiger partial charge < -0.3 is 10.2 Å². The number of likely N-dealkylation sites (N-methyl/N-ethyl adjacent to an activating group) is 1. The van der Waals surface area contributed by atoms with Gasteiger partial charge in [0.15, 0.2) is 0 Å². The van der Waals surface area contributed by atoms with E-state index in [1.54, 1.807) is 0 Å². The second-order valence-electron chi connectivity index (χ2n) is 5.76. The maximum absolute atomic E-state index is 6.23. The zero-order chi connectivity index (χ0) is 14.5. The van der Waals surface area contributed by atoms with Crippen molar-refractivity contribution < 1.29 is 0 Å². The maximum Gasteiger partial charge on any atom is 0.0454 e. The molecule has 2 nitrogen and oxygen atoms in total. The molecule has 0 bridgehead atoms. The largest absolute Gasteiger partial charge is 0.309 e. The highest BCUT2D eigenvalue weighted by molar-refractivity contribution is 6.33. The van der Waals surface area contributed by atoms with Gasteiger partial charge in [-0.15, -0.1) is 0 Å². The monoisotopic (exact) mass is 314 g/mol. The predicted octanol–water partition coefficient (Wildman–Crippen LogP) is 4.52. The van der Waals surface area contributed by atoms with Gasteiger partial charge in [-0.3, -0.25) is 0 Å². The Bertz CT molecular complexity index is 430. The van der Waals surface area contributed by atoms with Crippen molar-refractivity contribution in [3.63, 3.8) is 0 Å². The normalized spacial score (nSPS) is 17.9. The third kappa shape index (κ3) is 4.36. The molecule has 1 fully saturated rings. The summed E-state index contributed by atoms with van der Waals surface area (Å²) < 4.78 is 0. The first kappa shape index (κ1) is 16.1. The summed E-state index contributed by atoms with van der Waals surface area (Å²) >= 11 is 12.3. The molecule has 1 aromatic carbocycles. The number of rotatable bonds is 6. The van der Waals surface area contributed by atoms with Crippen molar-refractivity contribution >= 4 is 23.2 Å². The molecule has 112 valence electrons. The van der Waals surface area contributed by atoms with E-state index in [-0.39, 0.29) is 6.04 Å². The van der Waals surface area contributed by atoms with Crippen LogP contribution in [0, 0.1) is 0 Å². The molecule has 1 saturated carbocycles. The lowest BCUT2D eigenvalue weighted by atomic mass is 10.1. The number of hydrogen-bond donors (Lipinski definition) is 1. The molecule has 0 radical (unpaired) electrons. The minimum absolute atomic E-state index is 0.221. The van der Waals surface area contributed by atoms with Crippen LogP contribution in [0.15, 0.2) is 18.2 Å². The summed E-state index contributed by atoms with van der Waals surface area (Å²) in [5.41, 5.74) is 1.07. The van der Waals surface area contributed by atoms with E-state index in [1.165, 1.54) is 25.7 Å². The van der Waals surface area contributed by atoms with Crippen molar-refractivity contribution in [3.05, 3.63) is 33.8 Å². The van der Waals surface area contributed by atoms with Crippen LogP contribution in [0.4, 0.5) is 0 Å². The van der Waals surface area contributed by atoms with E-state index in [0.29, 0.717) is 0 Å². The molecular weight excluding hydrogens is 291 g/mol. The summed E-state index contributed by atoms with van der Waals surface area (Å²) in [5, 5.41) is 5.05. The van der Waals surface area contributed by atoms with Gasteiger partial charge in [-0.2, -0.15) is 0 Å². The first-order valence-corrected chi connectivity index (χ1v) is 8.22. The topological polar surface area (TPSA) is 15.3 Å². The molecular formula is C16H24Cl2N2. The molecule has 1 aliphatic rings. The molecule has 0 amide bonds. The summed E-state index contributed by atoms with van der Waals surface area (Å²) in [7, 11) is 2.23. The molecule has 1 aliphatic carbocycles. The van der Waals surface area contributed by atoms with Crippen LogP contribution < -0.4 is 5.32 Å². The zero-order valence-electron chi connectivity index (χ0n) is 12.3. The Balaban J connectivity index is 1.79. The zero-order valence-corrected chi connectivity index (χ0v) is 13.8. The van der Waals surface area contributed by atoms with Crippen LogP contribution in [-0.4, -0.2) is 31.1 Å². The minimum Gasteiger partial charge on any atom is -0.309 e. The fraction of sp³-hybridized carbons (Fsp3) is 0.625. The van der Waals surface area contributed by atoms with Gasteiger partial charge in [0, 0.05) is 35.2 Å². The van der Waals surface area contributed by atoms with E-state index in [9.17, 15) is 0 Å². The van der Waals surface area contributed by atoms with Crippen LogP contribution in [0.25, 0.3) is 0 Å². The molecule has 0 saturated heterocycles. The van der Waals surface area contributed by atoms with Crippen LogP contribution in [0.3, 0.4) is 0 Å². The van der Waals surface area contributed by atoms with Crippen molar-refractivity contribution in [1.29, 1.82) is 0 Å². The SMILES string of the molecule is CC(NCCN(C)C1CCCC1)c1cc(Cl)ccc1Cl. The van der Waals surface area contributed by atoms with Crippen molar-refractivity contribution in [3.8, 4) is 0 Å². The average Bonchev–Trinajstić information content (AvgIpc) is 2.95. The van der Waals surface area contributed by atoms with Gasteiger partial charge in [0.1, 0.15) is 0 Å². The number of nitrogens with one attached hydrogen (secondary N) is 1. The van der Waals surface area contributed by atoms with E-state index in [1.807, 2.05) is 18.2 Å². The number of halogens is 2. The highest BCUT2D eigenvalue weighted by Gasteiger charge is 2.19. The lowest BCUT2D eigenvalue weighted by Gasteiger charge is -2.25. The molecule has 2 rings (SSSR count). The summed E-state index contributed by atoms with van der Waals surface area (Å²) in [4.78, 5) is 2.48. The molecule has 0 spiro atoms. The Morgan fingerprint density at radius 1 is 1.30 bits per heavy atom. The molecule has 0 heterocycles. The van der Waals surface area contributed by atoms with Gasteiger partial charge >= 0.3 is 0 Å². The fourth-order valence-corrected chi connectivity index (χ4v) is 3.40. The predicted molar refractivity (Wildman–Crippen MR) is 87.8 cm³/mol. The smallest absolute Gasteiger partial charge is 0.0454 e. The molecule has 1 unspecified atom stereocenters. The van der Waals surface area contributed by atoms with Gasteiger partial charge in [-0.25, -0.2) is 0 Å². The Labute approximate surface area is 132 Å². The Hall–Kier alpha value is -0.280. The van der Waals surface area contributed by atoms with E-state index < -0.39 is 0 Å². The van der Waals surface area contributed by atoms with Crippen LogP contribution in [0.5, 0.6) is 0 Å². The number of hydrogen-bond acceptors (Lipinski definition) is 2. The van der Waals surface area contributed by atoms with Gasteiger partial charge in [0.2, 0.25) is 0 Å². The molecule has 4 heteroatoms. The Morgan fingerprint density at radius 2 is 2.00 bits per heavy atom. The highest BCUT2D eigenvalue weighted by atomic mass is 35.5. The van der Waals surface area contributed by atoms with Crippen LogP contribution in [-0.2, 0) is 0 Å². The third-order valence-corrected chi connectivity index (χ3v) is 4.87. The number of nitrogens with zero attached hydrogens (tertiary/aromatic N) is 1. The highest BCUT2D eigenvalue weighted by Crippen LogP contribution is 2.26. The van der Waals surface area contributed by atoms with E-state index >= 15 is 0 Å². The first-order chi connectivity index (χ1) is 9.58. The summed E-state index contributed by atoms with van der Waals surface area (Å²) in [6.45, 7) is 4.18. The lowest BCUT2D eigenvalue weighted by molar-refractivity contribution is 0.243. The van der Waals surface area contributed by atoms with E-state index in [0.717, 1.165) is 34.7 Å². The second-order valence-corrected chi connectivity index (χ2v) is 6.60. The van der Waals surface area contributed by atoms with Crippen molar-refractivity contribution in [2.24, 2.45) is 0 Å². The summed E-state index contributed by atoms with van der Waals surface area (Å²) in [5.74, 6) is 0. The van der Waals surface area contributed by atoms with Crippen LogP contribution in [0.1, 0.15) is 44.2 Å². The lowest BCUT2D eigenvalue weighted by Crippen LogP contribution is -2.36. The van der Waals surface area contributed by atoms with E-state index in [4.69, 9.17) is 23.2 Å². The van der Waals surface area contributed by atoms with Crippen LogP contribution in [0.2, 0.25) is 10.0 Å². The summed E-state index contributed by atoms with van der Waals surface area (Å²) in [6.07, 6.45) is 5.48. The molecule has 1 N–H and O–H groups in total. The molecule has 20 heavy (non-hydrogen) atoms. The van der Waals surface area contributed by atoms with Crippen molar-refractivity contribution in [2.45, 2.75) is 44.7 Å². The first-order valence-electron chi connectivity index (χ1n) is 7.46. The average molecular weight is 315 g/mol. The maximum atomic E-state index is 6.23. The second kappa shape index (κ2) is 7.65. The quantitative estimate of drug-likeness (QED) is 0.830. The third-order valence-electron chi connectivity index (χ3n) is 4.29. The van der Waals surface area contributed by atoms with Crippen molar-refractivity contribution in [2.75, 3.05) is 20.1 Å². The van der Waals surface area contributed by atoms with Gasteiger partial charge in [-0.1, -0.05) is 36.0 Å².